The molecule has 0 heterocycles. The van der Waals surface area contributed by atoms with Gasteiger partial charge in [0.2, 0.25) is 0 Å². The van der Waals surface area contributed by atoms with E-state index in [-0.39, 0.29) is 0 Å². The molecule has 0 N–H and O–H groups in total. The van der Waals surface area contributed by atoms with Gasteiger partial charge in [-0.2, -0.15) is 10.5 Å². The number of benzene rings is 2. The number of nitrogens with zero attached hydrogens (tertiary/aromatic N) is 3. The summed E-state index contributed by atoms with van der Waals surface area (Å²) in [5.41, 5.74) is 1.33. The van der Waals surface area contributed by atoms with E-state index in [1.807, 2.05) is 0 Å². The standard InChI is InChI=1S/C18H19N3/c19-11-4-13-21(14-5-12-20)15-10-17-8-3-7-16-6-1-2-9-18(16)17/h1-3,6-9H,4-5,10,13-15H2. The Hall–Kier alpha value is -2.36. The van der Waals surface area contributed by atoms with Crippen LogP contribution in [-0.2, 0) is 6.42 Å². The van der Waals surface area contributed by atoms with Crippen molar-refractivity contribution in [2.75, 3.05) is 19.6 Å². The lowest BCUT2D eigenvalue weighted by Gasteiger charge is -2.20. The molecule has 3 nitrogen and oxygen atoms in total. The van der Waals surface area contributed by atoms with Gasteiger partial charge >= 0.3 is 0 Å². The van der Waals surface area contributed by atoms with Crippen molar-refractivity contribution in [3.05, 3.63) is 48.0 Å². The van der Waals surface area contributed by atoms with Gasteiger partial charge in [0.25, 0.3) is 0 Å². The van der Waals surface area contributed by atoms with E-state index in [2.05, 4.69) is 59.5 Å². The van der Waals surface area contributed by atoms with Crippen LogP contribution < -0.4 is 0 Å². The molecule has 106 valence electrons. The highest BCUT2D eigenvalue weighted by Crippen LogP contribution is 2.19. The smallest absolute Gasteiger partial charge is 0.0635 e. The molecule has 0 fully saturated rings. The molecule has 21 heavy (non-hydrogen) atoms. The van der Waals surface area contributed by atoms with E-state index in [4.69, 9.17) is 10.5 Å². The average molecular weight is 277 g/mol. The van der Waals surface area contributed by atoms with Crippen molar-refractivity contribution in [1.29, 1.82) is 10.5 Å². The first kappa shape index (κ1) is 15.0. The Kier molecular flexibility index (Phi) is 5.76. The Morgan fingerprint density at radius 3 is 2.19 bits per heavy atom. The average Bonchev–Trinajstić information content (AvgIpc) is 2.54. The van der Waals surface area contributed by atoms with Gasteiger partial charge in [-0.25, -0.2) is 0 Å². The summed E-state index contributed by atoms with van der Waals surface area (Å²) < 4.78 is 0. The number of nitriles is 2. The Bertz CT molecular complexity index is 641. The SMILES string of the molecule is N#CCCN(CCC#N)CCc1cccc2ccccc12. The van der Waals surface area contributed by atoms with Crippen LogP contribution in [0.5, 0.6) is 0 Å². The fraction of sp³-hybridized carbons (Fsp3) is 0.333. The predicted octanol–water partition coefficient (Wildman–Crippen LogP) is 3.51. The molecule has 0 aliphatic carbocycles. The Morgan fingerprint density at radius 2 is 1.48 bits per heavy atom. The third-order valence-electron chi connectivity index (χ3n) is 3.66. The summed E-state index contributed by atoms with van der Waals surface area (Å²) in [6.07, 6.45) is 1.97. The highest BCUT2D eigenvalue weighted by molar-refractivity contribution is 5.85. The van der Waals surface area contributed by atoms with Crippen LogP contribution in [0.1, 0.15) is 18.4 Å². The summed E-state index contributed by atoms with van der Waals surface area (Å²) in [7, 11) is 0. The molecule has 2 aromatic rings. The fourth-order valence-electron chi connectivity index (χ4n) is 2.54. The lowest BCUT2D eigenvalue weighted by molar-refractivity contribution is 0.290. The number of fused-ring (bicyclic) bond motifs is 1. The summed E-state index contributed by atoms with van der Waals surface area (Å²) >= 11 is 0. The molecular formula is C18H19N3. The number of hydrogen-bond donors (Lipinski definition) is 0. The van der Waals surface area contributed by atoms with Crippen LogP contribution in [0.25, 0.3) is 10.8 Å². The van der Waals surface area contributed by atoms with E-state index in [1.165, 1.54) is 16.3 Å². The van der Waals surface area contributed by atoms with E-state index in [1.54, 1.807) is 0 Å². The van der Waals surface area contributed by atoms with Crippen molar-refractivity contribution in [1.82, 2.24) is 4.90 Å². The minimum atomic E-state index is 0.515. The maximum absolute atomic E-state index is 8.73. The summed E-state index contributed by atoms with van der Waals surface area (Å²) in [5, 5.41) is 20.0. The zero-order valence-electron chi connectivity index (χ0n) is 12.1. The predicted molar refractivity (Wildman–Crippen MR) is 84.6 cm³/mol. The molecule has 0 spiro atoms. The van der Waals surface area contributed by atoms with Crippen LogP contribution in [0.15, 0.2) is 42.5 Å². The second kappa shape index (κ2) is 8.04. The lowest BCUT2D eigenvalue weighted by atomic mass is 10.0. The molecule has 0 atom stereocenters. The van der Waals surface area contributed by atoms with Gasteiger partial charge in [-0.15, -0.1) is 0 Å². The van der Waals surface area contributed by atoms with Crippen LogP contribution in [0.2, 0.25) is 0 Å². The summed E-state index contributed by atoms with van der Waals surface area (Å²) in [6.45, 7) is 2.36. The van der Waals surface area contributed by atoms with Gasteiger partial charge in [0.15, 0.2) is 0 Å². The summed E-state index contributed by atoms with van der Waals surface area (Å²) in [5.74, 6) is 0. The Balaban J connectivity index is 2.05. The molecule has 2 aromatic carbocycles. The zero-order chi connectivity index (χ0) is 14.9. The Morgan fingerprint density at radius 1 is 0.810 bits per heavy atom. The normalized spacial score (nSPS) is 10.4. The van der Waals surface area contributed by atoms with Crippen molar-refractivity contribution in [2.45, 2.75) is 19.3 Å². The molecule has 0 aromatic heterocycles. The van der Waals surface area contributed by atoms with Gasteiger partial charge in [-0.1, -0.05) is 42.5 Å². The quantitative estimate of drug-likeness (QED) is 0.778. The second-order valence-electron chi connectivity index (χ2n) is 5.05. The minimum absolute atomic E-state index is 0.515. The second-order valence-corrected chi connectivity index (χ2v) is 5.05. The molecule has 0 saturated carbocycles. The molecule has 0 saturated heterocycles. The minimum Gasteiger partial charge on any atom is -0.301 e. The highest BCUT2D eigenvalue weighted by atomic mass is 15.1. The number of hydrogen-bond acceptors (Lipinski definition) is 3. The van der Waals surface area contributed by atoms with Crippen molar-refractivity contribution in [3.63, 3.8) is 0 Å². The molecule has 0 unspecified atom stereocenters. The van der Waals surface area contributed by atoms with E-state index in [9.17, 15) is 0 Å². The third kappa shape index (κ3) is 4.31. The largest absolute Gasteiger partial charge is 0.301 e. The summed E-state index contributed by atoms with van der Waals surface area (Å²) in [6, 6.07) is 19.1. The molecule has 0 radical (unpaired) electrons. The first-order valence-electron chi connectivity index (χ1n) is 7.28. The van der Waals surface area contributed by atoms with Crippen molar-refractivity contribution in [2.24, 2.45) is 0 Å². The summed E-state index contributed by atoms with van der Waals surface area (Å²) in [4.78, 5) is 2.20. The molecule has 0 aliphatic rings. The van der Waals surface area contributed by atoms with Crippen molar-refractivity contribution in [3.8, 4) is 12.1 Å². The van der Waals surface area contributed by atoms with E-state index in [0.717, 1.165) is 26.1 Å². The zero-order valence-corrected chi connectivity index (χ0v) is 12.1. The fourth-order valence-corrected chi connectivity index (χ4v) is 2.54. The maximum atomic E-state index is 8.73. The van der Waals surface area contributed by atoms with Crippen molar-refractivity contribution >= 4 is 10.8 Å². The van der Waals surface area contributed by atoms with Crippen LogP contribution in [0.4, 0.5) is 0 Å². The Labute approximate surface area is 126 Å². The van der Waals surface area contributed by atoms with E-state index >= 15 is 0 Å². The molecule has 2 rings (SSSR count). The van der Waals surface area contributed by atoms with Gasteiger partial charge in [-0.05, 0) is 22.8 Å². The molecule has 0 aliphatic heterocycles. The first-order chi connectivity index (χ1) is 10.3. The molecule has 0 bridgehead atoms. The lowest BCUT2D eigenvalue weighted by Crippen LogP contribution is -2.28. The number of rotatable bonds is 7. The van der Waals surface area contributed by atoms with Gasteiger partial charge in [0.05, 0.1) is 12.1 Å². The van der Waals surface area contributed by atoms with Gasteiger partial charge in [-0.3, -0.25) is 0 Å². The van der Waals surface area contributed by atoms with Crippen LogP contribution in [0.3, 0.4) is 0 Å². The van der Waals surface area contributed by atoms with Crippen LogP contribution in [-0.4, -0.2) is 24.5 Å². The molecule has 3 heteroatoms. The molecule has 0 amide bonds. The highest BCUT2D eigenvalue weighted by Gasteiger charge is 2.06. The van der Waals surface area contributed by atoms with E-state index < -0.39 is 0 Å². The van der Waals surface area contributed by atoms with Crippen LogP contribution in [0, 0.1) is 22.7 Å². The van der Waals surface area contributed by atoms with E-state index in [0.29, 0.717) is 12.8 Å². The van der Waals surface area contributed by atoms with Crippen LogP contribution >= 0.6 is 0 Å². The maximum Gasteiger partial charge on any atom is 0.0635 e. The topological polar surface area (TPSA) is 50.8 Å². The van der Waals surface area contributed by atoms with Crippen molar-refractivity contribution < 1.29 is 0 Å². The monoisotopic (exact) mass is 277 g/mol. The third-order valence-corrected chi connectivity index (χ3v) is 3.66. The van der Waals surface area contributed by atoms with Gasteiger partial charge in [0, 0.05) is 32.5 Å². The molecular weight excluding hydrogens is 258 g/mol. The first-order valence-corrected chi connectivity index (χ1v) is 7.28. The van der Waals surface area contributed by atoms with Gasteiger partial charge in [0.1, 0.15) is 0 Å². The van der Waals surface area contributed by atoms with Gasteiger partial charge < -0.3 is 4.90 Å².